The van der Waals surface area contributed by atoms with Crippen LogP contribution < -0.4 is 5.73 Å². The Labute approximate surface area is 88.1 Å². The van der Waals surface area contributed by atoms with Gasteiger partial charge in [-0.1, -0.05) is 0 Å². The van der Waals surface area contributed by atoms with Gasteiger partial charge in [-0.3, -0.25) is 14.5 Å². The van der Waals surface area contributed by atoms with Gasteiger partial charge in [-0.15, -0.1) is 0 Å². The van der Waals surface area contributed by atoms with Crippen LogP contribution in [0.2, 0.25) is 0 Å². The molecule has 0 spiro atoms. The highest BCUT2D eigenvalue weighted by Gasteiger charge is 2.33. The second kappa shape index (κ2) is 3.70. The number of carbonyl (C=O) groups is 2. The molecule has 0 radical (unpaired) electrons. The van der Waals surface area contributed by atoms with Crippen molar-refractivity contribution < 1.29 is 14.0 Å². The monoisotopic (exact) mass is 298 g/mol. The Morgan fingerprint density at radius 3 is 2.31 bits per heavy atom. The quantitative estimate of drug-likeness (QED) is 0.452. The maximum absolute atomic E-state index is 13.3. The molecule has 72 valence electrons. The van der Waals surface area contributed by atoms with Crippen LogP contribution in [0.4, 0.5) is 4.39 Å². The third kappa shape index (κ3) is 2.47. The summed E-state index contributed by atoms with van der Waals surface area (Å²) in [4.78, 5) is 22.8. The van der Waals surface area contributed by atoms with Gasteiger partial charge in [0.1, 0.15) is 0 Å². The zero-order valence-electron chi connectivity index (χ0n) is 6.67. The van der Waals surface area contributed by atoms with Crippen molar-refractivity contribution in [1.82, 2.24) is 4.90 Å². The number of hydrogen-bond donors (Lipinski definition) is 1. The van der Waals surface area contributed by atoms with Gasteiger partial charge in [0.05, 0.1) is 6.54 Å². The molecule has 1 aliphatic rings. The lowest BCUT2D eigenvalue weighted by atomic mass is 10.3. The summed E-state index contributed by atoms with van der Waals surface area (Å²) in [5, 5.41) is 0. The van der Waals surface area contributed by atoms with Crippen molar-refractivity contribution in [3.63, 3.8) is 0 Å². The van der Waals surface area contributed by atoms with E-state index in [1.165, 1.54) is 22.6 Å². The number of amides is 2. The second-order valence-electron chi connectivity index (χ2n) is 2.66. The maximum atomic E-state index is 13.3. The van der Waals surface area contributed by atoms with Crippen molar-refractivity contribution >= 4 is 34.4 Å². The molecule has 0 aromatic rings. The van der Waals surface area contributed by atoms with Crippen molar-refractivity contribution in [2.45, 2.75) is 3.68 Å². The molecule has 0 saturated carbocycles. The molecular formula is C7H8FIN2O2. The van der Waals surface area contributed by atoms with E-state index < -0.39 is 15.5 Å². The van der Waals surface area contributed by atoms with Gasteiger partial charge in [-0.05, 0) is 22.6 Å². The van der Waals surface area contributed by atoms with E-state index >= 15 is 0 Å². The lowest BCUT2D eigenvalue weighted by molar-refractivity contribution is -0.137. The SMILES string of the molecule is NCC(F)(I)CN1C(=O)C=CC1=O. The third-order valence-corrected chi connectivity index (χ3v) is 2.37. The highest BCUT2D eigenvalue weighted by Crippen LogP contribution is 2.22. The molecule has 0 aliphatic carbocycles. The van der Waals surface area contributed by atoms with Crippen LogP contribution in [-0.2, 0) is 9.59 Å². The van der Waals surface area contributed by atoms with Gasteiger partial charge in [-0.2, -0.15) is 0 Å². The van der Waals surface area contributed by atoms with E-state index in [1.807, 2.05) is 0 Å². The molecule has 1 atom stereocenters. The Bertz CT molecular complexity index is 260. The molecule has 4 nitrogen and oxygen atoms in total. The first-order valence-electron chi connectivity index (χ1n) is 3.58. The van der Waals surface area contributed by atoms with Crippen molar-refractivity contribution in [3.8, 4) is 0 Å². The van der Waals surface area contributed by atoms with Gasteiger partial charge in [-0.25, -0.2) is 4.39 Å². The zero-order chi connectivity index (χ0) is 10.1. The molecule has 13 heavy (non-hydrogen) atoms. The summed E-state index contributed by atoms with van der Waals surface area (Å²) in [6, 6.07) is 0. The molecule has 1 rings (SSSR count). The van der Waals surface area contributed by atoms with Crippen LogP contribution >= 0.6 is 22.6 Å². The van der Waals surface area contributed by atoms with E-state index in [0.29, 0.717) is 0 Å². The van der Waals surface area contributed by atoms with E-state index in [0.717, 1.165) is 17.1 Å². The number of nitrogens with zero attached hydrogens (tertiary/aromatic N) is 1. The fourth-order valence-electron chi connectivity index (χ4n) is 0.883. The van der Waals surface area contributed by atoms with Crippen molar-refractivity contribution in [1.29, 1.82) is 0 Å². The zero-order valence-corrected chi connectivity index (χ0v) is 8.82. The minimum atomic E-state index is -1.74. The average Bonchev–Trinajstić information content (AvgIpc) is 2.36. The van der Waals surface area contributed by atoms with Gasteiger partial charge in [0.2, 0.25) is 0 Å². The van der Waals surface area contributed by atoms with Crippen molar-refractivity contribution in [2.75, 3.05) is 13.1 Å². The molecule has 1 aliphatic heterocycles. The number of carbonyl (C=O) groups excluding carboxylic acids is 2. The van der Waals surface area contributed by atoms with E-state index in [1.54, 1.807) is 0 Å². The van der Waals surface area contributed by atoms with Gasteiger partial charge < -0.3 is 5.73 Å². The number of hydrogen-bond acceptors (Lipinski definition) is 3. The smallest absolute Gasteiger partial charge is 0.253 e. The van der Waals surface area contributed by atoms with E-state index in [2.05, 4.69) is 0 Å². The van der Waals surface area contributed by atoms with Crippen LogP contribution in [0, 0.1) is 0 Å². The summed E-state index contributed by atoms with van der Waals surface area (Å²) >= 11 is 1.48. The summed E-state index contributed by atoms with van der Waals surface area (Å²) in [6.07, 6.45) is 2.23. The number of rotatable bonds is 3. The number of imide groups is 1. The molecule has 0 saturated heterocycles. The molecule has 2 N–H and O–H groups in total. The van der Waals surface area contributed by atoms with Crippen molar-refractivity contribution in [2.24, 2.45) is 5.73 Å². The van der Waals surface area contributed by atoms with Crippen LogP contribution in [0.3, 0.4) is 0 Å². The Balaban J connectivity index is 2.65. The van der Waals surface area contributed by atoms with Gasteiger partial charge in [0.15, 0.2) is 3.68 Å². The van der Waals surface area contributed by atoms with Gasteiger partial charge in [0.25, 0.3) is 11.8 Å². The summed E-state index contributed by atoms with van der Waals surface area (Å²) in [5.74, 6) is -0.978. The minimum Gasteiger partial charge on any atom is -0.327 e. The Morgan fingerprint density at radius 1 is 1.46 bits per heavy atom. The van der Waals surface area contributed by atoms with E-state index in [4.69, 9.17) is 5.73 Å². The van der Waals surface area contributed by atoms with Gasteiger partial charge >= 0.3 is 0 Å². The van der Waals surface area contributed by atoms with Crippen LogP contribution in [0.15, 0.2) is 12.2 Å². The molecule has 0 aromatic heterocycles. The van der Waals surface area contributed by atoms with Crippen LogP contribution in [0.5, 0.6) is 0 Å². The van der Waals surface area contributed by atoms with Crippen LogP contribution in [0.25, 0.3) is 0 Å². The Kier molecular flexibility index (Phi) is 3.01. The fraction of sp³-hybridized carbons (Fsp3) is 0.429. The molecule has 0 aromatic carbocycles. The second-order valence-corrected chi connectivity index (χ2v) is 4.59. The summed E-state index contributed by atoms with van der Waals surface area (Å²) < 4.78 is 11.6. The molecular weight excluding hydrogens is 290 g/mol. The Hall–Kier alpha value is -0.500. The standard InChI is InChI=1S/C7H8FIN2O2/c8-7(9,3-10)4-11-5(12)1-2-6(11)13/h1-2H,3-4,10H2. The van der Waals surface area contributed by atoms with Gasteiger partial charge in [0, 0.05) is 18.7 Å². The number of alkyl halides is 2. The third-order valence-electron chi connectivity index (χ3n) is 1.59. The first kappa shape index (κ1) is 10.6. The normalized spacial score (nSPS) is 21.0. The van der Waals surface area contributed by atoms with E-state index in [9.17, 15) is 14.0 Å². The predicted molar refractivity (Wildman–Crippen MR) is 52.8 cm³/mol. The minimum absolute atomic E-state index is 0.232. The number of nitrogens with two attached hydrogens (primary N) is 1. The molecule has 1 heterocycles. The predicted octanol–water partition coefficient (Wildman–Crippen LogP) is -0.0291. The molecule has 1 unspecified atom stereocenters. The molecule has 2 amide bonds. The highest BCUT2D eigenvalue weighted by atomic mass is 127. The Morgan fingerprint density at radius 2 is 1.92 bits per heavy atom. The summed E-state index contributed by atoms with van der Waals surface area (Å²) in [6.45, 7) is -0.528. The molecule has 0 bridgehead atoms. The summed E-state index contributed by atoms with van der Waals surface area (Å²) in [7, 11) is 0. The van der Waals surface area contributed by atoms with Crippen molar-refractivity contribution in [3.05, 3.63) is 12.2 Å². The molecule has 6 heteroatoms. The van der Waals surface area contributed by atoms with E-state index in [-0.39, 0.29) is 13.1 Å². The lowest BCUT2D eigenvalue weighted by Gasteiger charge is -2.22. The fourth-order valence-corrected chi connectivity index (χ4v) is 1.22. The topological polar surface area (TPSA) is 63.4 Å². The highest BCUT2D eigenvalue weighted by molar-refractivity contribution is 14.1. The summed E-state index contributed by atoms with van der Waals surface area (Å²) in [5.41, 5.74) is 5.12. The number of halogens is 2. The molecule has 0 fully saturated rings. The van der Waals surface area contributed by atoms with Crippen LogP contribution in [0.1, 0.15) is 0 Å². The average molecular weight is 298 g/mol. The maximum Gasteiger partial charge on any atom is 0.253 e. The van der Waals surface area contributed by atoms with Crippen LogP contribution in [-0.4, -0.2) is 33.5 Å². The first-order valence-corrected chi connectivity index (χ1v) is 4.65. The largest absolute Gasteiger partial charge is 0.327 e. The lowest BCUT2D eigenvalue weighted by Crippen LogP contribution is -2.43. The first-order chi connectivity index (χ1) is 5.96.